The van der Waals surface area contributed by atoms with E-state index in [9.17, 15) is 9.59 Å². The Bertz CT molecular complexity index is 283. The largest absolute Gasteiger partial charge is 0.369 e. The maximum atomic E-state index is 11.9. The van der Waals surface area contributed by atoms with E-state index in [4.69, 9.17) is 11.5 Å². The van der Waals surface area contributed by atoms with E-state index in [-0.39, 0.29) is 18.4 Å². The second-order valence-corrected chi connectivity index (χ2v) is 4.72. The molecule has 0 bridgehead atoms. The molecular formula is C12H24N4O2. The Morgan fingerprint density at radius 1 is 1.06 bits per heavy atom. The Kier molecular flexibility index (Phi) is 6.67. The molecule has 1 aliphatic heterocycles. The maximum absolute atomic E-state index is 11.9. The topological polar surface area (TPSA) is 92.7 Å². The van der Waals surface area contributed by atoms with Crippen LogP contribution in [0.5, 0.6) is 0 Å². The lowest BCUT2D eigenvalue weighted by atomic mass is 10.2. The molecule has 6 nitrogen and oxygen atoms in total. The van der Waals surface area contributed by atoms with Crippen LogP contribution >= 0.6 is 0 Å². The summed E-state index contributed by atoms with van der Waals surface area (Å²) in [6, 6.07) is 0. The molecular weight excluding hydrogens is 232 g/mol. The third kappa shape index (κ3) is 5.46. The van der Waals surface area contributed by atoms with E-state index in [0.29, 0.717) is 19.5 Å². The molecule has 1 rings (SSSR count). The molecule has 0 aromatic carbocycles. The van der Waals surface area contributed by atoms with E-state index in [0.717, 1.165) is 38.9 Å². The van der Waals surface area contributed by atoms with Crippen LogP contribution in [0.2, 0.25) is 0 Å². The molecule has 1 saturated heterocycles. The van der Waals surface area contributed by atoms with E-state index in [1.807, 2.05) is 9.80 Å². The molecule has 1 heterocycles. The van der Waals surface area contributed by atoms with Crippen molar-refractivity contribution < 1.29 is 9.59 Å². The van der Waals surface area contributed by atoms with Crippen molar-refractivity contribution in [2.75, 3.05) is 39.3 Å². The first-order chi connectivity index (χ1) is 8.63. The van der Waals surface area contributed by atoms with Crippen molar-refractivity contribution in [1.29, 1.82) is 0 Å². The highest BCUT2D eigenvalue weighted by molar-refractivity contribution is 5.76. The van der Waals surface area contributed by atoms with E-state index < -0.39 is 0 Å². The van der Waals surface area contributed by atoms with Crippen LogP contribution in [0.1, 0.15) is 25.7 Å². The lowest BCUT2D eigenvalue weighted by Crippen LogP contribution is -2.38. The van der Waals surface area contributed by atoms with Crippen molar-refractivity contribution in [3.63, 3.8) is 0 Å². The van der Waals surface area contributed by atoms with E-state index in [1.54, 1.807) is 0 Å². The average Bonchev–Trinajstić information content (AvgIpc) is 2.54. The summed E-state index contributed by atoms with van der Waals surface area (Å²) >= 11 is 0. The first kappa shape index (κ1) is 14.9. The van der Waals surface area contributed by atoms with Crippen molar-refractivity contribution in [2.45, 2.75) is 25.7 Å². The summed E-state index contributed by atoms with van der Waals surface area (Å²) in [6.07, 6.45) is 3.23. The standard InChI is InChI=1S/C12H24N4O2/c13-5-2-1-4-12(18)16-7-3-6-15(8-9-16)10-11(14)17/h1-10,13H2,(H2,14,17). The molecule has 1 aliphatic rings. The molecule has 0 aromatic rings. The van der Waals surface area contributed by atoms with Crippen LogP contribution < -0.4 is 11.5 Å². The summed E-state index contributed by atoms with van der Waals surface area (Å²) in [7, 11) is 0. The summed E-state index contributed by atoms with van der Waals surface area (Å²) in [6.45, 7) is 3.95. The molecule has 0 atom stereocenters. The highest BCUT2D eigenvalue weighted by Crippen LogP contribution is 2.06. The second-order valence-electron chi connectivity index (χ2n) is 4.72. The van der Waals surface area contributed by atoms with Crippen LogP contribution in [0.4, 0.5) is 0 Å². The van der Waals surface area contributed by atoms with Gasteiger partial charge in [0.05, 0.1) is 6.54 Å². The Labute approximate surface area is 108 Å². The van der Waals surface area contributed by atoms with Gasteiger partial charge in [-0.25, -0.2) is 0 Å². The first-order valence-corrected chi connectivity index (χ1v) is 6.62. The van der Waals surface area contributed by atoms with Gasteiger partial charge in [-0.05, 0) is 25.8 Å². The molecule has 104 valence electrons. The molecule has 1 fully saturated rings. The summed E-state index contributed by atoms with van der Waals surface area (Å²) in [4.78, 5) is 26.7. The third-order valence-electron chi connectivity index (χ3n) is 3.17. The molecule has 4 N–H and O–H groups in total. The fraction of sp³-hybridized carbons (Fsp3) is 0.833. The van der Waals surface area contributed by atoms with Gasteiger partial charge in [-0.2, -0.15) is 0 Å². The zero-order valence-electron chi connectivity index (χ0n) is 10.9. The fourth-order valence-corrected chi connectivity index (χ4v) is 2.18. The Morgan fingerprint density at radius 2 is 1.83 bits per heavy atom. The smallest absolute Gasteiger partial charge is 0.231 e. The molecule has 0 spiro atoms. The number of nitrogens with zero attached hydrogens (tertiary/aromatic N) is 2. The van der Waals surface area contributed by atoms with Crippen molar-refractivity contribution in [1.82, 2.24) is 9.80 Å². The normalized spacial score (nSPS) is 17.5. The van der Waals surface area contributed by atoms with E-state index in [2.05, 4.69) is 0 Å². The van der Waals surface area contributed by atoms with Gasteiger partial charge in [-0.15, -0.1) is 0 Å². The summed E-state index contributed by atoms with van der Waals surface area (Å²) in [5, 5.41) is 0. The number of amides is 2. The van der Waals surface area contributed by atoms with Crippen LogP contribution in [0.15, 0.2) is 0 Å². The fourth-order valence-electron chi connectivity index (χ4n) is 2.18. The first-order valence-electron chi connectivity index (χ1n) is 6.62. The average molecular weight is 256 g/mol. The van der Waals surface area contributed by atoms with Crippen molar-refractivity contribution >= 4 is 11.8 Å². The Hall–Kier alpha value is -1.14. The molecule has 0 saturated carbocycles. The highest BCUT2D eigenvalue weighted by Gasteiger charge is 2.19. The number of primary amides is 1. The van der Waals surface area contributed by atoms with Crippen LogP contribution in [0.25, 0.3) is 0 Å². The zero-order chi connectivity index (χ0) is 13.4. The minimum absolute atomic E-state index is 0.198. The number of hydrogen-bond acceptors (Lipinski definition) is 4. The van der Waals surface area contributed by atoms with Crippen molar-refractivity contribution in [3.05, 3.63) is 0 Å². The quantitative estimate of drug-likeness (QED) is 0.605. The van der Waals surface area contributed by atoms with Gasteiger partial charge < -0.3 is 16.4 Å². The summed E-state index contributed by atoms with van der Waals surface area (Å²) < 4.78 is 0. The predicted octanol–water partition coefficient (Wildman–Crippen LogP) is -0.865. The Balaban J connectivity index is 2.32. The third-order valence-corrected chi connectivity index (χ3v) is 3.17. The van der Waals surface area contributed by atoms with Crippen molar-refractivity contribution in [2.24, 2.45) is 11.5 Å². The van der Waals surface area contributed by atoms with E-state index >= 15 is 0 Å². The Morgan fingerprint density at radius 3 is 2.50 bits per heavy atom. The van der Waals surface area contributed by atoms with Gasteiger partial charge in [0.2, 0.25) is 11.8 Å². The highest BCUT2D eigenvalue weighted by atomic mass is 16.2. The van der Waals surface area contributed by atoms with Gasteiger partial charge in [-0.1, -0.05) is 0 Å². The van der Waals surface area contributed by atoms with Gasteiger partial charge in [0.25, 0.3) is 0 Å². The monoisotopic (exact) mass is 256 g/mol. The number of rotatable bonds is 6. The lowest BCUT2D eigenvalue weighted by molar-refractivity contribution is -0.131. The molecule has 6 heteroatoms. The summed E-state index contributed by atoms with van der Waals surface area (Å²) in [5.74, 6) is -0.109. The summed E-state index contributed by atoms with van der Waals surface area (Å²) in [5.41, 5.74) is 10.6. The SMILES string of the molecule is NCCCCC(=O)N1CCCN(CC(N)=O)CC1. The minimum atomic E-state index is -0.308. The minimum Gasteiger partial charge on any atom is -0.369 e. The number of carbonyl (C=O) groups excluding carboxylic acids is 2. The van der Waals surface area contributed by atoms with Crippen LogP contribution in [-0.2, 0) is 9.59 Å². The van der Waals surface area contributed by atoms with Gasteiger partial charge in [-0.3, -0.25) is 14.5 Å². The maximum Gasteiger partial charge on any atom is 0.231 e. The molecule has 0 aromatic heterocycles. The number of carbonyl (C=O) groups is 2. The molecule has 2 amide bonds. The van der Waals surface area contributed by atoms with Crippen LogP contribution in [0, 0.1) is 0 Å². The van der Waals surface area contributed by atoms with Gasteiger partial charge in [0.1, 0.15) is 0 Å². The molecule has 0 unspecified atom stereocenters. The molecule has 0 radical (unpaired) electrons. The number of nitrogens with two attached hydrogens (primary N) is 2. The van der Waals surface area contributed by atoms with Crippen LogP contribution in [-0.4, -0.2) is 60.9 Å². The van der Waals surface area contributed by atoms with Crippen LogP contribution in [0.3, 0.4) is 0 Å². The van der Waals surface area contributed by atoms with Gasteiger partial charge in [0, 0.05) is 32.6 Å². The van der Waals surface area contributed by atoms with Gasteiger partial charge in [0.15, 0.2) is 0 Å². The number of hydrogen-bond donors (Lipinski definition) is 2. The lowest BCUT2D eigenvalue weighted by Gasteiger charge is -2.21. The second kappa shape index (κ2) is 8.05. The van der Waals surface area contributed by atoms with Crippen molar-refractivity contribution in [3.8, 4) is 0 Å². The molecule has 18 heavy (non-hydrogen) atoms. The number of unbranched alkanes of at least 4 members (excludes halogenated alkanes) is 1. The molecule has 0 aliphatic carbocycles. The zero-order valence-corrected chi connectivity index (χ0v) is 10.9. The predicted molar refractivity (Wildman–Crippen MR) is 69.7 cm³/mol. The van der Waals surface area contributed by atoms with Gasteiger partial charge >= 0.3 is 0 Å². The van der Waals surface area contributed by atoms with E-state index in [1.165, 1.54) is 0 Å².